The Morgan fingerprint density at radius 2 is 1.92 bits per heavy atom. The number of carboxylic acid groups (broad SMARTS) is 1. The highest BCUT2D eigenvalue weighted by atomic mass is 16.5. The molecule has 0 bridgehead atoms. The number of aromatic amines is 1. The number of fused-ring (bicyclic) bond motifs is 1. The van der Waals surface area contributed by atoms with Crippen molar-refractivity contribution >= 4 is 16.9 Å². The molecular formula is C18H23NO5. The number of aliphatic hydroxyl groups excluding tert-OH is 1. The average Bonchev–Trinajstić information content (AvgIpc) is 2.57. The number of nitrogens with one attached hydrogen (secondary N) is 1. The number of hydrogen-bond acceptors (Lipinski definition) is 4. The van der Waals surface area contributed by atoms with Crippen LogP contribution in [0.2, 0.25) is 0 Å². The third-order valence-corrected chi connectivity index (χ3v) is 3.88. The number of carbonyl (C=O) groups is 1. The number of benzene rings is 1. The van der Waals surface area contributed by atoms with Crippen LogP contribution >= 0.6 is 0 Å². The Labute approximate surface area is 140 Å². The molecule has 2 aromatic rings. The van der Waals surface area contributed by atoms with Crippen LogP contribution in [0.25, 0.3) is 10.9 Å². The predicted molar refractivity (Wildman–Crippen MR) is 91.6 cm³/mol. The molecular weight excluding hydrogens is 310 g/mol. The number of H-pyrrole nitrogens is 1. The van der Waals surface area contributed by atoms with Crippen molar-refractivity contribution in [3.05, 3.63) is 45.7 Å². The Hall–Kier alpha value is -2.18. The minimum Gasteiger partial charge on any atom is -0.477 e. The molecule has 0 unspecified atom stereocenters. The SMILES string of the molecule is O=C(O)c1c[nH]c2ccc(CCCCCOCCCO)cc2c1=O. The first-order valence-electron chi connectivity index (χ1n) is 8.19. The van der Waals surface area contributed by atoms with Crippen molar-refractivity contribution in [1.29, 1.82) is 0 Å². The number of aryl methyl sites for hydroxylation is 1. The zero-order chi connectivity index (χ0) is 17.4. The highest BCUT2D eigenvalue weighted by Crippen LogP contribution is 2.14. The molecule has 1 heterocycles. The molecule has 0 aliphatic rings. The van der Waals surface area contributed by atoms with Gasteiger partial charge in [-0.1, -0.05) is 12.5 Å². The topological polar surface area (TPSA) is 99.6 Å². The first-order chi connectivity index (χ1) is 11.6. The van der Waals surface area contributed by atoms with Gasteiger partial charge in [0, 0.05) is 36.9 Å². The second kappa shape index (κ2) is 9.20. The summed E-state index contributed by atoms with van der Waals surface area (Å²) in [7, 11) is 0. The molecule has 0 saturated heterocycles. The summed E-state index contributed by atoms with van der Waals surface area (Å²) in [6, 6.07) is 5.55. The number of aromatic carboxylic acids is 1. The Bertz CT molecular complexity index is 738. The minimum absolute atomic E-state index is 0.157. The molecule has 1 aromatic heterocycles. The van der Waals surface area contributed by atoms with E-state index in [1.807, 2.05) is 12.1 Å². The Kier molecular flexibility index (Phi) is 6.96. The Morgan fingerprint density at radius 3 is 2.67 bits per heavy atom. The molecule has 130 valence electrons. The van der Waals surface area contributed by atoms with E-state index in [1.165, 1.54) is 6.20 Å². The second-order valence-electron chi connectivity index (χ2n) is 5.72. The van der Waals surface area contributed by atoms with Crippen molar-refractivity contribution in [2.45, 2.75) is 32.1 Å². The van der Waals surface area contributed by atoms with Gasteiger partial charge in [-0.15, -0.1) is 0 Å². The van der Waals surface area contributed by atoms with Gasteiger partial charge in [0.15, 0.2) is 0 Å². The summed E-state index contributed by atoms with van der Waals surface area (Å²) < 4.78 is 5.37. The summed E-state index contributed by atoms with van der Waals surface area (Å²) in [5, 5.41) is 18.1. The molecule has 6 nitrogen and oxygen atoms in total. The molecule has 0 saturated carbocycles. The maximum absolute atomic E-state index is 12.2. The third-order valence-electron chi connectivity index (χ3n) is 3.88. The summed E-state index contributed by atoms with van der Waals surface area (Å²) in [5.74, 6) is -1.22. The highest BCUT2D eigenvalue weighted by molar-refractivity contribution is 5.92. The molecule has 0 fully saturated rings. The fraction of sp³-hybridized carbons (Fsp3) is 0.444. The maximum Gasteiger partial charge on any atom is 0.341 e. The number of carboxylic acids is 1. The van der Waals surface area contributed by atoms with Crippen LogP contribution in [0, 0.1) is 0 Å². The fourth-order valence-corrected chi connectivity index (χ4v) is 2.56. The summed E-state index contributed by atoms with van der Waals surface area (Å²) in [4.78, 5) is 26.1. The smallest absolute Gasteiger partial charge is 0.341 e. The molecule has 0 aliphatic heterocycles. The summed E-state index contributed by atoms with van der Waals surface area (Å²) >= 11 is 0. The number of aromatic nitrogens is 1. The van der Waals surface area contributed by atoms with Crippen LogP contribution in [0.3, 0.4) is 0 Å². The van der Waals surface area contributed by atoms with Gasteiger partial charge in [-0.05, 0) is 43.4 Å². The lowest BCUT2D eigenvalue weighted by atomic mass is 10.0. The van der Waals surface area contributed by atoms with Crippen LogP contribution < -0.4 is 5.43 Å². The third kappa shape index (κ3) is 4.91. The van der Waals surface area contributed by atoms with Gasteiger partial charge in [-0.25, -0.2) is 4.79 Å². The van der Waals surface area contributed by atoms with Crippen molar-refractivity contribution in [2.24, 2.45) is 0 Å². The quantitative estimate of drug-likeness (QED) is 0.580. The van der Waals surface area contributed by atoms with Crippen molar-refractivity contribution in [3.8, 4) is 0 Å². The van der Waals surface area contributed by atoms with Gasteiger partial charge >= 0.3 is 5.97 Å². The van der Waals surface area contributed by atoms with E-state index in [0.717, 1.165) is 31.2 Å². The molecule has 0 spiro atoms. The van der Waals surface area contributed by atoms with E-state index in [4.69, 9.17) is 14.9 Å². The number of pyridine rings is 1. The largest absolute Gasteiger partial charge is 0.477 e. The van der Waals surface area contributed by atoms with E-state index in [9.17, 15) is 9.59 Å². The van der Waals surface area contributed by atoms with E-state index >= 15 is 0 Å². The Morgan fingerprint density at radius 1 is 1.12 bits per heavy atom. The van der Waals surface area contributed by atoms with Gasteiger partial charge in [0.2, 0.25) is 5.43 Å². The standard InChI is InChI=1S/C18H23NO5/c20-8-4-10-24-9-3-1-2-5-13-6-7-16-14(11-13)17(21)15(12-19-16)18(22)23/h6-7,11-12,20H,1-5,8-10H2,(H,19,21)(H,22,23). The van der Waals surface area contributed by atoms with Gasteiger partial charge in [-0.3, -0.25) is 4.79 Å². The van der Waals surface area contributed by atoms with Crippen molar-refractivity contribution in [2.75, 3.05) is 19.8 Å². The number of aliphatic hydroxyl groups is 1. The van der Waals surface area contributed by atoms with E-state index in [2.05, 4.69) is 4.98 Å². The first kappa shape index (κ1) is 18.2. The van der Waals surface area contributed by atoms with E-state index in [-0.39, 0.29) is 12.2 Å². The zero-order valence-electron chi connectivity index (χ0n) is 13.6. The second-order valence-corrected chi connectivity index (χ2v) is 5.72. The average molecular weight is 333 g/mol. The maximum atomic E-state index is 12.2. The molecule has 0 atom stereocenters. The molecule has 3 N–H and O–H groups in total. The van der Waals surface area contributed by atoms with Crippen molar-refractivity contribution < 1.29 is 19.7 Å². The van der Waals surface area contributed by atoms with Gasteiger partial charge < -0.3 is 19.9 Å². The monoisotopic (exact) mass is 333 g/mol. The lowest BCUT2D eigenvalue weighted by Crippen LogP contribution is -2.15. The number of rotatable bonds is 10. The summed E-state index contributed by atoms with van der Waals surface area (Å²) in [5.41, 5.74) is 0.984. The Balaban J connectivity index is 1.90. The van der Waals surface area contributed by atoms with Gasteiger partial charge in [0.05, 0.1) is 0 Å². The normalized spacial score (nSPS) is 11.0. The van der Waals surface area contributed by atoms with Crippen LogP contribution in [-0.2, 0) is 11.2 Å². The van der Waals surface area contributed by atoms with Crippen LogP contribution in [0.5, 0.6) is 0 Å². The van der Waals surface area contributed by atoms with E-state index in [1.54, 1.807) is 6.07 Å². The summed E-state index contributed by atoms with van der Waals surface area (Å²) in [6.07, 6.45) is 5.70. The lowest BCUT2D eigenvalue weighted by Gasteiger charge is -2.05. The predicted octanol–water partition coefficient (Wildman–Crippen LogP) is 2.34. The van der Waals surface area contributed by atoms with Crippen LogP contribution in [0.15, 0.2) is 29.2 Å². The van der Waals surface area contributed by atoms with Crippen molar-refractivity contribution in [3.63, 3.8) is 0 Å². The molecule has 0 amide bonds. The molecule has 1 aromatic carbocycles. The molecule has 6 heteroatoms. The highest BCUT2D eigenvalue weighted by Gasteiger charge is 2.11. The molecule has 2 rings (SSSR count). The van der Waals surface area contributed by atoms with E-state index in [0.29, 0.717) is 30.5 Å². The van der Waals surface area contributed by atoms with Crippen LogP contribution in [0.4, 0.5) is 0 Å². The zero-order valence-corrected chi connectivity index (χ0v) is 13.6. The number of hydrogen-bond donors (Lipinski definition) is 3. The first-order valence-corrected chi connectivity index (χ1v) is 8.19. The van der Waals surface area contributed by atoms with Crippen molar-refractivity contribution in [1.82, 2.24) is 4.98 Å². The number of ether oxygens (including phenoxy) is 1. The van der Waals surface area contributed by atoms with Crippen LogP contribution in [-0.4, -0.2) is 41.0 Å². The molecule has 0 radical (unpaired) electrons. The van der Waals surface area contributed by atoms with E-state index < -0.39 is 11.4 Å². The lowest BCUT2D eigenvalue weighted by molar-refractivity contribution is 0.0695. The fourth-order valence-electron chi connectivity index (χ4n) is 2.56. The van der Waals surface area contributed by atoms with Gasteiger partial charge in [0.25, 0.3) is 0 Å². The molecule has 24 heavy (non-hydrogen) atoms. The van der Waals surface area contributed by atoms with Gasteiger partial charge in [0.1, 0.15) is 5.56 Å². The van der Waals surface area contributed by atoms with Gasteiger partial charge in [-0.2, -0.15) is 0 Å². The number of unbranched alkanes of at least 4 members (excludes halogenated alkanes) is 2. The summed E-state index contributed by atoms with van der Waals surface area (Å²) in [6.45, 7) is 1.44. The molecule has 0 aliphatic carbocycles. The van der Waals surface area contributed by atoms with Crippen LogP contribution in [0.1, 0.15) is 41.6 Å². The minimum atomic E-state index is -1.22.